The Morgan fingerprint density at radius 3 is 2.27 bits per heavy atom. The van der Waals surface area contributed by atoms with Gasteiger partial charge in [-0.3, -0.25) is 9.88 Å². The van der Waals surface area contributed by atoms with E-state index in [1.54, 1.807) is 53.1 Å². The molecule has 9 nitrogen and oxygen atoms in total. The van der Waals surface area contributed by atoms with Gasteiger partial charge in [-0.05, 0) is 50.1 Å². The van der Waals surface area contributed by atoms with E-state index >= 15 is 0 Å². The van der Waals surface area contributed by atoms with Crippen LogP contribution in [-0.2, 0) is 14.8 Å². The molecule has 1 aromatic heterocycles. The number of nitrogens with zero attached hydrogens (tertiary/aromatic N) is 3. The van der Waals surface area contributed by atoms with E-state index in [0.29, 0.717) is 24.5 Å². The van der Waals surface area contributed by atoms with E-state index < -0.39 is 10.0 Å². The molecule has 2 amide bonds. The Labute approximate surface area is 221 Å². The van der Waals surface area contributed by atoms with E-state index in [9.17, 15) is 13.2 Å². The molecule has 0 radical (unpaired) electrons. The molecule has 0 spiro atoms. The maximum atomic E-state index is 13.3. The van der Waals surface area contributed by atoms with Crippen LogP contribution in [0, 0.1) is 0 Å². The summed E-state index contributed by atoms with van der Waals surface area (Å²) in [7, 11) is -3.50. The van der Waals surface area contributed by atoms with E-state index in [1.165, 1.54) is 0 Å². The van der Waals surface area contributed by atoms with E-state index in [1.807, 2.05) is 6.07 Å². The first-order valence-corrected chi connectivity index (χ1v) is 14.8. The van der Waals surface area contributed by atoms with E-state index in [4.69, 9.17) is 4.74 Å². The predicted octanol–water partition coefficient (Wildman–Crippen LogP) is 3.96. The Hall–Kier alpha value is -2.53. The SMILES string of the molecule is O=C(NCCCCCCCCN(CCCN1CCOCC1)S(=O)(=O)c1ccccc1)Nc1ccncc1. The number of amides is 2. The molecule has 1 aromatic carbocycles. The Morgan fingerprint density at radius 2 is 1.54 bits per heavy atom. The van der Waals surface area contributed by atoms with Crippen LogP contribution >= 0.6 is 0 Å². The lowest BCUT2D eigenvalue weighted by Crippen LogP contribution is -2.39. The third kappa shape index (κ3) is 10.8. The van der Waals surface area contributed by atoms with Crippen LogP contribution in [0.4, 0.5) is 10.5 Å². The van der Waals surface area contributed by atoms with Crippen molar-refractivity contribution in [3.05, 3.63) is 54.9 Å². The van der Waals surface area contributed by atoms with Gasteiger partial charge in [0, 0.05) is 50.8 Å². The number of rotatable bonds is 16. The van der Waals surface area contributed by atoms with Crippen molar-refractivity contribution in [1.82, 2.24) is 19.5 Å². The van der Waals surface area contributed by atoms with E-state index in [0.717, 1.165) is 83.5 Å². The number of urea groups is 1. The molecule has 1 saturated heterocycles. The number of anilines is 1. The van der Waals surface area contributed by atoms with Gasteiger partial charge in [-0.25, -0.2) is 13.2 Å². The molecule has 1 fully saturated rings. The standard InChI is InChI=1S/C27H41N5O4S/c33-27(30-25-13-16-28-17-14-25)29-15-8-3-1-2-4-9-19-32(20-10-18-31-21-23-36-24-22-31)37(34,35)26-11-6-5-7-12-26/h5-7,11-14,16-17H,1-4,8-10,15,18-24H2,(H2,28,29,30,33). The molecule has 2 N–H and O–H groups in total. The van der Waals surface area contributed by atoms with Crippen LogP contribution in [0.25, 0.3) is 0 Å². The Morgan fingerprint density at radius 1 is 0.892 bits per heavy atom. The molecule has 2 heterocycles. The van der Waals surface area contributed by atoms with Crippen molar-refractivity contribution in [3.8, 4) is 0 Å². The normalized spacial score (nSPS) is 14.5. The van der Waals surface area contributed by atoms with Crippen molar-refractivity contribution >= 4 is 21.7 Å². The Kier molecular flexibility index (Phi) is 12.8. The van der Waals surface area contributed by atoms with Gasteiger partial charge in [0.25, 0.3) is 0 Å². The number of hydrogen-bond acceptors (Lipinski definition) is 6. The summed E-state index contributed by atoms with van der Waals surface area (Å²) < 4.78 is 33.6. The number of unbranched alkanes of at least 4 members (excludes halogenated alkanes) is 5. The number of benzene rings is 1. The fourth-order valence-corrected chi connectivity index (χ4v) is 5.86. The first-order valence-electron chi connectivity index (χ1n) is 13.4. The number of carbonyl (C=O) groups excluding carboxylic acids is 1. The van der Waals surface area contributed by atoms with Crippen molar-refractivity contribution < 1.29 is 17.9 Å². The molecule has 1 aliphatic rings. The minimum atomic E-state index is -3.50. The highest BCUT2D eigenvalue weighted by molar-refractivity contribution is 7.89. The van der Waals surface area contributed by atoms with Crippen LogP contribution < -0.4 is 10.6 Å². The largest absolute Gasteiger partial charge is 0.379 e. The zero-order valence-corrected chi connectivity index (χ0v) is 22.5. The van der Waals surface area contributed by atoms with Crippen LogP contribution in [0.1, 0.15) is 44.9 Å². The number of nitrogens with one attached hydrogen (secondary N) is 2. The molecule has 10 heteroatoms. The summed E-state index contributed by atoms with van der Waals surface area (Å²) in [6.07, 6.45) is 9.98. The first kappa shape index (κ1) is 29.0. The van der Waals surface area contributed by atoms with E-state index in [2.05, 4.69) is 20.5 Å². The molecule has 3 rings (SSSR count). The van der Waals surface area contributed by atoms with Gasteiger partial charge < -0.3 is 15.4 Å². The van der Waals surface area contributed by atoms with Crippen LogP contribution in [0.15, 0.2) is 59.8 Å². The summed E-state index contributed by atoms with van der Waals surface area (Å²) in [6.45, 7) is 5.91. The summed E-state index contributed by atoms with van der Waals surface area (Å²) in [5.41, 5.74) is 0.719. The second kappa shape index (κ2) is 16.3. The second-order valence-electron chi connectivity index (χ2n) is 9.26. The van der Waals surface area contributed by atoms with Crippen molar-refractivity contribution in [2.45, 2.75) is 49.8 Å². The zero-order chi connectivity index (χ0) is 26.2. The monoisotopic (exact) mass is 531 g/mol. The van der Waals surface area contributed by atoms with Crippen LogP contribution in [0.3, 0.4) is 0 Å². The lowest BCUT2D eigenvalue weighted by atomic mass is 10.1. The van der Waals surface area contributed by atoms with Crippen LogP contribution in [0.2, 0.25) is 0 Å². The number of pyridine rings is 1. The third-order valence-electron chi connectivity index (χ3n) is 6.42. The molecule has 0 unspecified atom stereocenters. The van der Waals surface area contributed by atoms with Crippen molar-refractivity contribution in [3.63, 3.8) is 0 Å². The highest BCUT2D eigenvalue weighted by atomic mass is 32.2. The number of sulfonamides is 1. The van der Waals surface area contributed by atoms with Gasteiger partial charge in [-0.15, -0.1) is 0 Å². The van der Waals surface area contributed by atoms with Crippen molar-refractivity contribution in [1.29, 1.82) is 0 Å². The fraction of sp³-hybridized carbons (Fsp3) is 0.556. The first-order chi connectivity index (χ1) is 18.1. The minimum Gasteiger partial charge on any atom is -0.379 e. The molecule has 1 aliphatic heterocycles. The maximum absolute atomic E-state index is 13.3. The lowest BCUT2D eigenvalue weighted by molar-refractivity contribution is 0.0369. The molecule has 2 aromatic rings. The summed E-state index contributed by atoms with van der Waals surface area (Å²) in [4.78, 5) is 18.5. The molecule has 0 saturated carbocycles. The van der Waals surface area contributed by atoms with Crippen LogP contribution in [0.5, 0.6) is 0 Å². The molecule has 37 heavy (non-hydrogen) atoms. The molecule has 0 aliphatic carbocycles. The molecular weight excluding hydrogens is 490 g/mol. The average molecular weight is 532 g/mol. The second-order valence-corrected chi connectivity index (χ2v) is 11.2. The molecule has 0 atom stereocenters. The summed E-state index contributed by atoms with van der Waals surface area (Å²) >= 11 is 0. The van der Waals surface area contributed by atoms with Crippen molar-refractivity contribution in [2.24, 2.45) is 0 Å². The number of aromatic nitrogens is 1. The number of hydrogen-bond donors (Lipinski definition) is 2. The van der Waals surface area contributed by atoms with Gasteiger partial charge in [0.2, 0.25) is 10.0 Å². The summed E-state index contributed by atoms with van der Waals surface area (Å²) in [6, 6.07) is 12.0. The minimum absolute atomic E-state index is 0.209. The predicted molar refractivity (Wildman–Crippen MR) is 146 cm³/mol. The van der Waals surface area contributed by atoms with Gasteiger partial charge in [-0.1, -0.05) is 43.9 Å². The molecule has 0 bridgehead atoms. The topological polar surface area (TPSA) is 104 Å². The average Bonchev–Trinajstić information content (AvgIpc) is 2.92. The molecular formula is C27H41N5O4S. The van der Waals surface area contributed by atoms with Gasteiger partial charge in [0.05, 0.1) is 18.1 Å². The van der Waals surface area contributed by atoms with Gasteiger partial charge in [0.1, 0.15) is 0 Å². The third-order valence-corrected chi connectivity index (χ3v) is 8.34. The highest BCUT2D eigenvalue weighted by Crippen LogP contribution is 2.17. The Bertz CT molecular complexity index is 1000. The highest BCUT2D eigenvalue weighted by Gasteiger charge is 2.24. The van der Waals surface area contributed by atoms with Crippen LogP contribution in [-0.4, -0.2) is 81.1 Å². The number of ether oxygens (including phenoxy) is 1. The van der Waals surface area contributed by atoms with Gasteiger partial charge in [-0.2, -0.15) is 4.31 Å². The number of morpholine rings is 1. The van der Waals surface area contributed by atoms with Gasteiger partial charge >= 0.3 is 6.03 Å². The molecule has 204 valence electrons. The lowest BCUT2D eigenvalue weighted by Gasteiger charge is -2.28. The van der Waals surface area contributed by atoms with Crippen molar-refractivity contribution in [2.75, 3.05) is 57.8 Å². The van der Waals surface area contributed by atoms with E-state index in [-0.39, 0.29) is 6.03 Å². The zero-order valence-electron chi connectivity index (χ0n) is 21.7. The fourth-order valence-electron chi connectivity index (χ4n) is 4.32. The quantitative estimate of drug-likeness (QED) is 0.318. The number of carbonyl (C=O) groups is 1. The smallest absolute Gasteiger partial charge is 0.319 e. The maximum Gasteiger partial charge on any atom is 0.319 e. The van der Waals surface area contributed by atoms with Gasteiger partial charge in [0.15, 0.2) is 0 Å². The summed E-state index contributed by atoms with van der Waals surface area (Å²) in [5.74, 6) is 0. The Balaban J connectivity index is 1.32. The summed E-state index contributed by atoms with van der Waals surface area (Å²) in [5, 5.41) is 5.65.